The molecule has 0 saturated carbocycles. The molecule has 0 radical (unpaired) electrons. The van der Waals surface area contributed by atoms with Gasteiger partial charge in [0.1, 0.15) is 0 Å². The molecule has 0 unspecified atom stereocenters. The van der Waals surface area contributed by atoms with E-state index in [2.05, 4.69) is 36.2 Å². The fraction of sp³-hybridized carbons (Fsp3) is 0.250. The summed E-state index contributed by atoms with van der Waals surface area (Å²) in [4.78, 5) is 10.4. The molecule has 0 aromatic heterocycles. The number of hydrogen-bond donors (Lipinski definition) is 0. The van der Waals surface area contributed by atoms with Crippen molar-refractivity contribution < 1.29 is 0 Å². The number of hydrogen-bond acceptors (Lipinski definition) is 3. The number of benzene rings is 1. The molecule has 1 aliphatic rings. The minimum Gasteiger partial charge on any atom is -0.281 e. The summed E-state index contributed by atoms with van der Waals surface area (Å²) >= 11 is 1.71. The smallest absolute Gasteiger partial charge is 0.0714 e. The van der Waals surface area contributed by atoms with Gasteiger partial charge in [0.05, 0.1) is 17.1 Å². The van der Waals surface area contributed by atoms with Crippen molar-refractivity contribution in [3.05, 3.63) is 53.5 Å². The average molecular weight is 270 g/mol. The fourth-order valence-electron chi connectivity index (χ4n) is 1.77. The monoisotopic (exact) mass is 270 g/mol. The number of aliphatic imine (C=N–C) groups is 2. The summed E-state index contributed by atoms with van der Waals surface area (Å²) in [5.74, 6) is 0. The first-order chi connectivity index (χ1) is 9.19. The summed E-state index contributed by atoms with van der Waals surface area (Å²) in [5.41, 5.74) is 3.00. The fourth-order valence-corrected chi connectivity index (χ4v) is 2.34. The Labute approximate surface area is 119 Å². The maximum absolute atomic E-state index is 4.62. The molecule has 19 heavy (non-hydrogen) atoms. The van der Waals surface area contributed by atoms with Crippen LogP contribution in [0.1, 0.15) is 13.8 Å². The number of para-hydroxylation sites is 1. The van der Waals surface area contributed by atoms with Crippen molar-refractivity contribution >= 4 is 28.9 Å². The molecule has 0 amide bonds. The van der Waals surface area contributed by atoms with Gasteiger partial charge >= 0.3 is 0 Å². The zero-order valence-electron chi connectivity index (χ0n) is 11.5. The van der Waals surface area contributed by atoms with Gasteiger partial charge in [-0.2, -0.15) is 0 Å². The average Bonchev–Trinajstić information content (AvgIpc) is 2.41. The Balaban J connectivity index is 2.29. The Kier molecular flexibility index (Phi) is 4.74. The van der Waals surface area contributed by atoms with E-state index in [0.29, 0.717) is 6.04 Å². The molecule has 1 aromatic rings. The van der Waals surface area contributed by atoms with E-state index in [0.717, 1.165) is 17.1 Å². The quantitative estimate of drug-likeness (QED) is 0.746. The van der Waals surface area contributed by atoms with Gasteiger partial charge in [-0.15, -0.1) is 11.8 Å². The summed E-state index contributed by atoms with van der Waals surface area (Å²) in [6, 6.07) is 10.3. The molecule has 1 aromatic carbocycles. The highest BCUT2D eigenvalue weighted by Gasteiger charge is 2.10. The molecule has 0 spiro atoms. The molecule has 0 heterocycles. The van der Waals surface area contributed by atoms with E-state index >= 15 is 0 Å². The number of thioether (sulfide) groups is 1. The van der Waals surface area contributed by atoms with E-state index in [1.165, 1.54) is 4.91 Å². The van der Waals surface area contributed by atoms with Crippen LogP contribution in [0.3, 0.4) is 0 Å². The Morgan fingerprint density at radius 1 is 1.05 bits per heavy atom. The number of allylic oxidation sites excluding steroid dienone is 4. The van der Waals surface area contributed by atoms with Gasteiger partial charge in [0, 0.05) is 10.9 Å². The lowest BCUT2D eigenvalue weighted by molar-refractivity contribution is 0.838. The van der Waals surface area contributed by atoms with Gasteiger partial charge in [0.25, 0.3) is 0 Å². The van der Waals surface area contributed by atoms with Gasteiger partial charge in [-0.1, -0.05) is 18.2 Å². The summed E-state index contributed by atoms with van der Waals surface area (Å²) in [6.45, 7) is 4.18. The van der Waals surface area contributed by atoms with E-state index in [1.54, 1.807) is 11.8 Å². The van der Waals surface area contributed by atoms with Crippen LogP contribution in [-0.4, -0.2) is 23.7 Å². The van der Waals surface area contributed by atoms with Crippen LogP contribution in [0.5, 0.6) is 0 Å². The van der Waals surface area contributed by atoms with Crippen LogP contribution in [0, 0.1) is 0 Å². The molecule has 98 valence electrons. The molecular formula is C16H18N2S. The van der Waals surface area contributed by atoms with Gasteiger partial charge < -0.3 is 0 Å². The van der Waals surface area contributed by atoms with Crippen molar-refractivity contribution in [3.8, 4) is 0 Å². The molecule has 2 nitrogen and oxygen atoms in total. The molecule has 0 bridgehead atoms. The van der Waals surface area contributed by atoms with E-state index < -0.39 is 0 Å². The molecular weight excluding hydrogens is 252 g/mol. The minimum atomic E-state index is 0.308. The third kappa shape index (κ3) is 3.93. The lowest BCUT2D eigenvalue weighted by Gasteiger charge is -2.11. The molecule has 2 rings (SSSR count). The minimum absolute atomic E-state index is 0.308. The predicted molar refractivity (Wildman–Crippen MR) is 86.8 cm³/mol. The topological polar surface area (TPSA) is 24.7 Å². The maximum Gasteiger partial charge on any atom is 0.0714 e. The zero-order valence-corrected chi connectivity index (χ0v) is 12.3. The van der Waals surface area contributed by atoms with Crippen molar-refractivity contribution in [1.82, 2.24) is 0 Å². The van der Waals surface area contributed by atoms with Crippen LogP contribution in [0.4, 0.5) is 5.69 Å². The molecule has 1 aliphatic carbocycles. The lowest BCUT2D eigenvalue weighted by atomic mass is 10.1. The summed E-state index contributed by atoms with van der Waals surface area (Å²) in [6.07, 6.45) is 8.24. The highest BCUT2D eigenvalue weighted by Crippen LogP contribution is 2.21. The van der Waals surface area contributed by atoms with Crippen molar-refractivity contribution in [2.75, 3.05) is 6.26 Å². The Morgan fingerprint density at radius 2 is 1.79 bits per heavy atom. The first kappa shape index (κ1) is 13.8. The highest BCUT2D eigenvalue weighted by atomic mass is 32.2. The normalized spacial score (nSPS) is 19.3. The summed E-state index contributed by atoms with van der Waals surface area (Å²) in [5, 5.41) is 0. The van der Waals surface area contributed by atoms with Crippen molar-refractivity contribution in [2.24, 2.45) is 9.98 Å². The van der Waals surface area contributed by atoms with Crippen LogP contribution in [0.25, 0.3) is 0 Å². The number of nitrogens with zero attached hydrogens (tertiary/aromatic N) is 2. The van der Waals surface area contributed by atoms with Crippen molar-refractivity contribution in [1.29, 1.82) is 0 Å². The first-order valence-corrected chi connectivity index (χ1v) is 7.57. The van der Waals surface area contributed by atoms with Gasteiger partial charge in [-0.3, -0.25) is 4.99 Å². The largest absolute Gasteiger partial charge is 0.281 e. The van der Waals surface area contributed by atoms with E-state index in [4.69, 9.17) is 0 Å². The van der Waals surface area contributed by atoms with E-state index in [9.17, 15) is 0 Å². The van der Waals surface area contributed by atoms with Gasteiger partial charge in [-0.05, 0) is 50.5 Å². The highest BCUT2D eigenvalue weighted by molar-refractivity contribution is 8.03. The molecule has 0 atom stereocenters. The Morgan fingerprint density at radius 3 is 2.42 bits per heavy atom. The Bertz CT molecular complexity index is 551. The van der Waals surface area contributed by atoms with Crippen LogP contribution in [-0.2, 0) is 0 Å². The van der Waals surface area contributed by atoms with Gasteiger partial charge in [0.15, 0.2) is 0 Å². The van der Waals surface area contributed by atoms with Crippen molar-refractivity contribution in [3.63, 3.8) is 0 Å². The van der Waals surface area contributed by atoms with Crippen LogP contribution < -0.4 is 0 Å². The van der Waals surface area contributed by atoms with Gasteiger partial charge in [-0.25, -0.2) is 4.99 Å². The van der Waals surface area contributed by atoms with Crippen LogP contribution in [0.15, 0.2) is 63.4 Å². The van der Waals surface area contributed by atoms with Gasteiger partial charge in [0.2, 0.25) is 0 Å². The third-order valence-corrected chi connectivity index (χ3v) is 3.34. The van der Waals surface area contributed by atoms with Crippen LogP contribution in [0.2, 0.25) is 0 Å². The zero-order chi connectivity index (χ0) is 13.7. The van der Waals surface area contributed by atoms with E-state index in [-0.39, 0.29) is 0 Å². The predicted octanol–water partition coefficient (Wildman–Crippen LogP) is 4.43. The molecule has 3 heteroatoms. The number of rotatable bonds is 3. The van der Waals surface area contributed by atoms with Crippen molar-refractivity contribution in [2.45, 2.75) is 19.9 Å². The second kappa shape index (κ2) is 6.53. The standard InChI is InChI=1S/C16H18N2S/c1-12(2)17-15-10-9-14(11-16(15)19-3)18-13-7-5-4-6-8-13/h4-12H,1-3H3. The molecule has 0 saturated heterocycles. The molecule has 0 fully saturated rings. The molecule has 0 N–H and O–H groups in total. The second-order valence-corrected chi connectivity index (χ2v) is 5.37. The van der Waals surface area contributed by atoms with Crippen LogP contribution >= 0.6 is 11.8 Å². The SMILES string of the molecule is CSC1=CC(=Nc2ccccc2)C=CC1=NC(C)C. The summed E-state index contributed by atoms with van der Waals surface area (Å²) in [7, 11) is 0. The lowest BCUT2D eigenvalue weighted by Crippen LogP contribution is -2.08. The summed E-state index contributed by atoms with van der Waals surface area (Å²) < 4.78 is 0. The van der Waals surface area contributed by atoms with E-state index in [1.807, 2.05) is 42.5 Å². The first-order valence-electron chi connectivity index (χ1n) is 6.34. The maximum atomic E-state index is 4.62. The molecule has 0 aliphatic heterocycles. The third-order valence-electron chi connectivity index (χ3n) is 2.57. The Hall–Kier alpha value is -1.61. The second-order valence-electron chi connectivity index (χ2n) is 4.53.